The van der Waals surface area contributed by atoms with Crippen molar-refractivity contribution in [1.82, 2.24) is 0 Å². The maximum absolute atomic E-state index is 12.6. The van der Waals surface area contributed by atoms with Crippen LogP contribution in [0.3, 0.4) is 0 Å². The Morgan fingerprint density at radius 1 is 1.13 bits per heavy atom. The number of nitrogens with two attached hydrogens (primary N) is 1. The fourth-order valence-electron chi connectivity index (χ4n) is 4.67. The molecule has 0 radical (unpaired) electrons. The van der Waals surface area contributed by atoms with Crippen LogP contribution in [-0.2, 0) is 20.7 Å². The molecule has 1 fully saturated rings. The van der Waals surface area contributed by atoms with Gasteiger partial charge in [-0.1, -0.05) is 61.5 Å². The van der Waals surface area contributed by atoms with Crippen LogP contribution in [0, 0.1) is 11.3 Å². The van der Waals surface area contributed by atoms with Gasteiger partial charge < -0.3 is 15.6 Å². The van der Waals surface area contributed by atoms with E-state index in [0.717, 1.165) is 27.5 Å². The third-order valence-corrected chi connectivity index (χ3v) is 6.47. The van der Waals surface area contributed by atoms with E-state index in [1.807, 2.05) is 24.3 Å². The van der Waals surface area contributed by atoms with Crippen molar-refractivity contribution in [2.45, 2.75) is 32.6 Å². The summed E-state index contributed by atoms with van der Waals surface area (Å²) in [7, 11) is 0. The maximum atomic E-state index is 12.6. The molecule has 1 saturated carbocycles. The standard InChI is InChI=1S/C26H27NO4/c1-3-31-25(30)26(15-22(26)24(27)29)14-17-11-12-23(28)21(13-17)16(2)19-10-6-8-18-7-4-5-9-20(18)19/h4-13,16,22,28H,3,14-15H2,1-2H3,(H2,27,29)/t16?,22-,26+/m1/s1. The lowest BCUT2D eigenvalue weighted by atomic mass is 9.86. The molecule has 3 aromatic rings. The Hall–Kier alpha value is -3.34. The molecule has 3 N–H and O–H groups in total. The summed E-state index contributed by atoms with van der Waals surface area (Å²) in [5, 5.41) is 12.9. The van der Waals surface area contributed by atoms with Crippen molar-refractivity contribution < 1.29 is 19.4 Å². The van der Waals surface area contributed by atoms with Gasteiger partial charge in [0.05, 0.1) is 17.9 Å². The lowest BCUT2D eigenvalue weighted by molar-refractivity contribution is -0.151. The monoisotopic (exact) mass is 417 g/mol. The summed E-state index contributed by atoms with van der Waals surface area (Å²) in [6.07, 6.45) is 0.755. The molecular formula is C26H27NO4. The van der Waals surface area contributed by atoms with Gasteiger partial charge >= 0.3 is 5.97 Å². The summed E-state index contributed by atoms with van der Waals surface area (Å²) >= 11 is 0. The van der Waals surface area contributed by atoms with Crippen molar-refractivity contribution in [2.75, 3.05) is 6.61 Å². The molecule has 1 unspecified atom stereocenters. The molecule has 1 amide bonds. The van der Waals surface area contributed by atoms with Crippen LogP contribution in [0.5, 0.6) is 5.75 Å². The number of esters is 1. The normalized spacial score (nSPS) is 20.9. The molecule has 0 saturated heterocycles. The second kappa shape index (κ2) is 8.06. The van der Waals surface area contributed by atoms with Gasteiger partial charge in [-0.3, -0.25) is 9.59 Å². The first-order valence-electron chi connectivity index (χ1n) is 10.6. The quantitative estimate of drug-likeness (QED) is 0.561. The largest absolute Gasteiger partial charge is 0.508 e. The molecule has 0 spiro atoms. The first-order chi connectivity index (χ1) is 14.9. The average Bonchev–Trinajstić information content (AvgIpc) is 3.50. The molecular weight excluding hydrogens is 390 g/mol. The van der Waals surface area contributed by atoms with Crippen molar-refractivity contribution in [1.29, 1.82) is 0 Å². The first kappa shape index (κ1) is 20.9. The third-order valence-electron chi connectivity index (χ3n) is 6.47. The zero-order chi connectivity index (χ0) is 22.2. The van der Waals surface area contributed by atoms with Crippen molar-refractivity contribution in [3.63, 3.8) is 0 Å². The van der Waals surface area contributed by atoms with Crippen LogP contribution in [0.4, 0.5) is 0 Å². The lowest BCUT2D eigenvalue weighted by Gasteiger charge is -2.20. The van der Waals surface area contributed by atoms with Crippen LogP contribution >= 0.6 is 0 Å². The third kappa shape index (κ3) is 3.76. The van der Waals surface area contributed by atoms with Gasteiger partial charge in [-0.05, 0) is 47.7 Å². The smallest absolute Gasteiger partial charge is 0.313 e. The van der Waals surface area contributed by atoms with E-state index < -0.39 is 17.2 Å². The number of phenolic OH excluding ortho intramolecular Hbond substituents is 1. The van der Waals surface area contributed by atoms with Crippen LogP contribution < -0.4 is 5.73 Å². The number of primary amides is 1. The Morgan fingerprint density at radius 2 is 1.87 bits per heavy atom. The number of phenols is 1. The number of hydrogen-bond acceptors (Lipinski definition) is 4. The Bertz CT molecular complexity index is 1150. The molecule has 31 heavy (non-hydrogen) atoms. The number of aromatic hydroxyl groups is 1. The van der Waals surface area contributed by atoms with E-state index in [-0.39, 0.29) is 24.2 Å². The number of rotatable bonds is 7. The Morgan fingerprint density at radius 3 is 2.58 bits per heavy atom. The van der Waals surface area contributed by atoms with Crippen LogP contribution in [0.25, 0.3) is 10.8 Å². The predicted molar refractivity (Wildman–Crippen MR) is 120 cm³/mol. The predicted octanol–water partition coefficient (Wildman–Crippen LogP) is 4.29. The van der Waals surface area contributed by atoms with Crippen LogP contribution in [0.1, 0.15) is 42.9 Å². The minimum Gasteiger partial charge on any atom is -0.508 e. The fourth-order valence-corrected chi connectivity index (χ4v) is 4.67. The zero-order valence-corrected chi connectivity index (χ0v) is 17.8. The number of benzene rings is 3. The molecule has 0 bridgehead atoms. The highest BCUT2D eigenvalue weighted by molar-refractivity contribution is 5.93. The lowest BCUT2D eigenvalue weighted by Crippen LogP contribution is -2.28. The van der Waals surface area contributed by atoms with E-state index in [0.29, 0.717) is 12.8 Å². The highest BCUT2D eigenvalue weighted by atomic mass is 16.5. The van der Waals surface area contributed by atoms with Gasteiger partial charge in [-0.2, -0.15) is 0 Å². The molecule has 5 heteroatoms. The molecule has 3 aromatic carbocycles. The first-order valence-corrected chi connectivity index (χ1v) is 10.6. The number of hydrogen-bond donors (Lipinski definition) is 2. The van der Waals surface area contributed by atoms with Gasteiger partial charge in [0.2, 0.25) is 5.91 Å². The summed E-state index contributed by atoms with van der Waals surface area (Å²) < 4.78 is 5.24. The molecule has 0 aliphatic heterocycles. The maximum Gasteiger partial charge on any atom is 0.313 e. The molecule has 4 rings (SSSR count). The van der Waals surface area contributed by atoms with E-state index in [1.54, 1.807) is 19.1 Å². The Kier molecular flexibility index (Phi) is 5.44. The van der Waals surface area contributed by atoms with E-state index in [2.05, 4.69) is 31.2 Å². The molecule has 3 atom stereocenters. The summed E-state index contributed by atoms with van der Waals surface area (Å²) in [5.41, 5.74) is 7.37. The van der Waals surface area contributed by atoms with Gasteiger partial charge in [0.25, 0.3) is 0 Å². The Labute approximate surface area is 181 Å². The molecule has 0 heterocycles. The van der Waals surface area contributed by atoms with Crippen LogP contribution in [-0.4, -0.2) is 23.6 Å². The van der Waals surface area contributed by atoms with Gasteiger partial charge in [0, 0.05) is 11.5 Å². The number of ether oxygens (including phenoxy) is 1. The number of amides is 1. The van der Waals surface area contributed by atoms with Crippen molar-refractivity contribution >= 4 is 22.6 Å². The van der Waals surface area contributed by atoms with Crippen molar-refractivity contribution in [2.24, 2.45) is 17.1 Å². The fraction of sp³-hybridized carbons (Fsp3) is 0.308. The van der Waals surface area contributed by atoms with E-state index in [4.69, 9.17) is 10.5 Å². The van der Waals surface area contributed by atoms with E-state index in [1.165, 1.54) is 0 Å². The molecule has 160 valence electrons. The minimum absolute atomic E-state index is 0.0595. The minimum atomic E-state index is -0.904. The van der Waals surface area contributed by atoms with Crippen molar-refractivity contribution in [3.05, 3.63) is 77.4 Å². The van der Waals surface area contributed by atoms with Gasteiger partial charge in [-0.25, -0.2) is 0 Å². The summed E-state index contributed by atoms with van der Waals surface area (Å²) in [6.45, 7) is 4.06. The summed E-state index contributed by atoms with van der Waals surface area (Å²) in [4.78, 5) is 24.4. The van der Waals surface area contributed by atoms with Crippen LogP contribution in [0.15, 0.2) is 60.7 Å². The van der Waals surface area contributed by atoms with E-state index >= 15 is 0 Å². The van der Waals surface area contributed by atoms with E-state index in [9.17, 15) is 14.7 Å². The SMILES string of the molecule is CCOC(=O)[C@@]1(Cc2ccc(O)c(C(C)c3cccc4ccccc34)c2)C[C@@H]1C(N)=O. The van der Waals surface area contributed by atoms with Gasteiger partial charge in [0.1, 0.15) is 5.75 Å². The Balaban J connectivity index is 1.69. The average molecular weight is 418 g/mol. The summed E-state index contributed by atoms with van der Waals surface area (Å²) in [5.74, 6) is -1.22. The van der Waals surface area contributed by atoms with Crippen LogP contribution in [0.2, 0.25) is 0 Å². The van der Waals surface area contributed by atoms with Gasteiger partial charge in [-0.15, -0.1) is 0 Å². The molecule has 5 nitrogen and oxygen atoms in total. The zero-order valence-electron chi connectivity index (χ0n) is 17.8. The second-order valence-electron chi connectivity index (χ2n) is 8.40. The van der Waals surface area contributed by atoms with Crippen molar-refractivity contribution in [3.8, 4) is 5.75 Å². The molecule has 1 aliphatic rings. The molecule has 0 aromatic heterocycles. The highest BCUT2D eigenvalue weighted by Crippen LogP contribution is 2.56. The molecule has 1 aliphatic carbocycles. The van der Waals surface area contributed by atoms with Gasteiger partial charge in [0.15, 0.2) is 0 Å². The topological polar surface area (TPSA) is 89.6 Å². The number of carbonyl (C=O) groups is 2. The number of carbonyl (C=O) groups excluding carboxylic acids is 2. The summed E-state index contributed by atoms with van der Waals surface area (Å²) in [6, 6.07) is 19.7. The second-order valence-corrected chi connectivity index (χ2v) is 8.40. The number of fused-ring (bicyclic) bond motifs is 1. The highest BCUT2D eigenvalue weighted by Gasteiger charge is 2.63.